The minimum absolute atomic E-state index is 0.155. The number of nitrogens with two attached hydrogens (primary N) is 1. The van der Waals surface area contributed by atoms with Crippen LogP contribution < -0.4 is 5.73 Å². The third-order valence-electron chi connectivity index (χ3n) is 6.27. The van der Waals surface area contributed by atoms with Gasteiger partial charge in [-0.05, 0) is 66.1 Å². The lowest BCUT2D eigenvalue weighted by Crippen LogP contribution is -2.42. The largest absolute Gasteiger partial charge is 0.399 e. The topological polar surface area (TPSA) is 35.2 Å². The van der Waals surface area contributed by atoms with Crippen LogP contribution in [0, 0.1) is 11.3 Å². The molecule has 0 saturated carbocycles. The average molecular weight is 398 g/mol. The van der Waals surface area contributed by atoms with Gasteiger partial charge in [-0.1, -0.05) is 84.4 Å². The van der Waals surface area contributed by atoms with Crippen molar-refractivity contribution in [2.75, 3.05) is 5.73 Å². The van der Waals surface area contributed by atoms with Crippen LogP contribution in [0.25, 0.3) is 10.8 Å². The Labute approximate surface area is 179 Å². The second-order valence-corrected chi connectivity index (χ2v) is 10.3. The second-order valence-electron chi connectivity index (χ2n) is 10.3. The van der Waals surface area contributed by atoms with Crippen molar-refractivity contribution in [2.45, 2.75) is 98.7 Å². The van der Waals surface area contributed by atoms with Crippen molar-refractivity contribution in [3.8, 4) is 0 Å². The molecular weight excluding hydrogens is 354 g/mol. The van der Waals surface area contributed by atoms with E-state index in [4.69, 9.17) is 10.5 Å². The van der Waals surface area contributed by atoms with Gasteiger partial charge in [0.25, 0.3) is 0 Å². The fourth-order valence-corrected chi connectivity index (χ4v) is 4.73. The summed E-state index contributed by atoms with van der Waals surface area (Å²) < 4.78 is 6.55. The van der Waals surface area contributed by atoms with Crippen molar-refractivity contribution in [3.05, 3.63) is 42.0 Å². The van der Waals surface area contributed by atoms with Crippen molar-refractivity contribution >= 4 is 16.5 Å². The monoisotopic (exact) mass is 397 g/mol. The lowest BCUT2D eigenvalue weighted by molar-refractivity contribution is -0.104. The molecule has 0 fully saturated rings. The van der Waals surface area contributed by atoms with Crippen LogP contribution in [0.1, 0.15) is 92.1 Å². The van der Waals surface area contributed by atoms with Gasteiger partial charge in [-0.2, -0.15) is 0 Å². The molecule has 0 bridgehead atoms. The molecule has 0 aliphatic heterocycles. The summed E-state index contributed by atoms with van der Waals surface area (Å²) in [6.07, 6.45) is 9.31. The maximum atomic E-state index is 6.55. The van der Waals surface area contributed by atoms with Gasteiger partial charge in [-0.15, -0.1) is 0 Å². The number of unbranched alkanes of at least 4 members (excludes halogenated alkanes) is 5. The maximum Gasteiger partial charge on any atom is 0.0724 e. The Bertz CT molecular complexity index is 757. The fourth-order valence-electron chi connectivity index (χ4n) is 4.73. The molecule has 0 aliphatic rings. The molecule has 2 heteroatoms. The Balaban J connectivity index is 1.98. The lowest BCUT2D eigenvalue weighted by Gasteiger charge is -2.43. The van der Waals surface area contributed by atoms with E-state index in [0.29, 0.717) is 12.5 Å². The Morgan fingerprint density at radius 2 is 1.45 bits per heavy atom. The number of anilines is 1. The minimum Gasteiger partial charge on any atom is -0.399 e. The Hall–Kier alpha value is -1.54. The Morgan fingerprint density at radius 1 is 0.828 bits per heavy atom. The van der Waals surface area contributed by atoms with Crippen molar-refractivity contribution in [1.29, 1.82) is 0 Å². The first-order chi connectivity index (χ1) is 13.6. The molecule has 29 heavy (non-hydrogen) atoms. The molecule has 2 N–H and O–H groups in total. The van der Waals surface area contributed by atoms with Gasteiger partial charge in [-0.25, -0.2) is 0 Å². The van der Waals surface area contributed by atoms with Crippen LogP contribution >= 0.6 is 0 Å². The maximum absolute atomic E-state index is 6.55. The summed E-state index contributed by atoms with van der Waals surface area (Å²) in [5.41, 5.74) is 8.01. The van der Waals surface area contributed by atoms with E-state index in [1.165, 1.54) is 61.3 Å². The predicted molar refractivity (Wildman–Crippen MR) is 128 cm³/mol. The first-order valence-electron chi connectivity index (χ1n) is 11.6. The zero-order valence-corrected chi connectivity index (χ0v) is 19.7. The van der Waals surface area contributed by atoms with E-state index >= 15 is 0 Å². The summed E-state index contributed by atoms with van der Waals surface area (Å²) in [4.78, 5) is 0. The first kappa shape index (κ1) is 23.7. The summed E-state index contributed by atoms with van der Waals surface area (Å²) in [7, 11) is 0. The van der Waals surface area contributed by atoms with E-state index in [1.807, 2.05) is 12.1 Å². The standard InChI is InChI=1S/C27H43NO/c1-7-8-9-10-11-12-13-25(26(2,3)4)27(5,6)29-20-21-14-15-23-19-24(28)17-16-22(23)18-21/h14-19,25H,7-13,20,28H2,1-6H3. The van der Waals surface area contributed by atoms with Crippen molar-refractivity contribution in [1.82, 2.24) is 0 Å². The molecule has 0 saturated heterocycles. The van der Waals surface area contributed by atoms with Gasteiger partial charge >= 0.3 is 0 Å². The van der Waals surface area contributed by atoms with E-state index in [0.717, 1.165) is 5.69 Å². The third-order valence-corrected chi connectivity index (χ3v) is 6.27. The molecule has 2 aromatic rings. The Kier molecular flexibility index (Phi) is 8.58. The summed E-state index contributed by atoms with van der Waals surface area (Å²) >= 11 is 0. The summed E-state index contributed by atoms with van der Waals surface area (Å²) in [5.74, 6) is 0.529. The van der Waals surface area contributed by atoms with E-state index in [1.54, 1.807) is 0 Å². The molecule has 2 nitrogen and oxygen atoms in total. The summed E-state index contributed by atoms with van der Waals surface area (Å²) in [6.45, 7) is 14.6. The number of rotatable bonds is 11. The van der Waals surface area contributed by atoms with Crippen LogP contribution in [0.4, 0.5) is 5.69 Å². The first-order valence-corrected chi connectivity index (χ1v) is 11.6. The fraction of sp³-hybridized carbons (Fsp3) is 0.630. The van der Waals surface area contributed by atoms with Gasteiger partial charge in [0.15, 0.2) is 0 Å². The quantitative estimate of drug-likeness (QED) is 0.307. The van der Waals surface area contributed by atoms with Gasteiger partial charge in [-0.3, -0.25) is 0 Å². The van der Waals surface area contributed by atoms with Gasteiger partial charge in [0.05, 0.1) is 12.2 Å². The molecule has 2 aromatic carbocycles. The molecule has 0 aliphatic carbocycles. The van der Waals surface area contributed by atoms with E-state index in [-0.39, 0.29) is 11.0 Å². The Morgan fingerprint density at radius 3 is 2.14 bits per heavy atom. The average Bonchev–Trinajstić information content (AvgIpc) is 2.64. The highest BCUT2D eigenvalue weighted by Gasteiger charge is 2.38. The molecular formula is C27H43NO. The van der Waals surface area contributed by atoms with Crippen LogP contribution in [0.2, 0.25) is 0 Å². The van der Waals surface area contributed by atoms with Crippen LogP contribution in [0.5, 0.6) is 0 Å². The smallest absolute Gasteiger partial charge is 0.0724 e. The van der Waals surface area contributed by atoms with Gasteiger partial charge < -0.3 is 10.5 Å². The molecule has 0 heterocycles. The highest BCUT2D eigenvalue weighted by atomic mass is 16.5. The number of ether oxygens (including phenoxy) is 1. The molecule has 0 aromatic heterocycles. The third kappa shape index (κ3) is 7.33. The van der Waals surface area contributed by atoms with Crippen LogP contribution in [0.3, 0.4) is 0 Å². The number of benzene rings is 2. The van der Waals surface area contributed by atoms with E-state index in [2.05, 4.69) is 65.8 Å². The van der Waals surface area contributed by atoms with Crippen LogP contribution in [0.15, 0.2) is 36.4 Å². The normalized spacial score (nSPS) is 13.7. The minimum atomic E-state index is -0.155. The number of nitrogen functional groups attached to an aromatic ring is 1. The van der Waals surface area contributed by atoms with Crippen LogP contribution in [-0.4, -0.2) is 5.60 Å². The van der Waals surface area contributed by atoms with Crippen LogP contribution in [-0.2, 0) is 11.3 Å². The van der Waals surface area contributed by atoms with Gasteiger partial charge in [0.1, 0.15) is 0 Å². The molecule has 0 radical (unpaired) electrons. The predicted octanol–water partition coefficient (Wildman–Crippen LogP) is 8.13. The molecule has 1 atom stereocenters. The number of fused-ring (bicyclic) bond motifs is 1. The molecule has 162 valence electrons. The van der Waals surface area contributed by atoms with Crippen molar-refractivity contribution in [3.63, 3.8) is 0 Å². The summed E-state index contributed by atoms with van der Waals surface area (Å²) in [6, 6.07) is 12.6. The summed E-state index contributed by atoms with van der Waals surface area (Å²) in [5, 5.41) is 2.40. The molecule has 1 unspecified atom stereocenters. The second kappa shape index (κ2) is 10.5. The van der Waals surface area contributed by atoms with E-state index in [9.17, 15) is 0 Å². The van der Waals surface area contributed by atoms with E-state index < -0.39 is 0 Å². The van der Waals surface area contributed by atoms with Gasteiger partial charge in [0.2, 0.25) is 0 Å². The number of hydrogen-bond donors (Lipinski definition) is 1. The number of hydrogen-bond acceptors (Lipinski definition) is 2. The molecule has 2 rings (SSSR count). The molecule has 0 amide bonds. The zero-order chi connectivity index (χ0) is 21.5. The SMILES string of the molecule is CCCCCCCCC(C(C)(C)C)C(C)(C)OCc1ccc2cc(N)ccc2c1. The highest BCUT2D eigenvalue weighted by Crippen LogP contribution is 2.41. The lowest BCUT2D eigenvalue weighted by atomic mass is 9.69. The highest BCUT2D eigenvalue weighted by molar-refractivity contribution is 5.85. The zero-order valence-electron chi connectivity index (χ0n) is 19.7. The van der Waals surface area contributed by atoms with Crippen molar-refractivity contribution < 1.29 is 4.74 Å². The van der Waals surface area contributed by atoms with Gasteiger partial charge in [0, 0.05) is 5.69 Å². The molecule has 0 spiro atoms. The van der Waals surface area contributed by atoms with Crippen molar-refractivity contribution in [2.24, 2.45) is 11.3 Å².